The Labute approximate surface area is 107 Å². The Balaban J connectivity index is 2.60. The van der Waals surface area contributed by atoms with Gasteiger partial charge in [-0.3, -0.25) is 4.79 Å². The van der Waals surface area contributed by atoms with Crippen LogP contribution in [0.25, 0.3) is 0 Å². The highest BCUT2D eigenvalue weighted by Crippen LogP contribution is 2.24. The highest BCUT2D eigenvalue weighted by atomic mass is 16.6. The Kier molecular flexibility index (Phi) is 4.56. The number of carbonyl (C=O) groups is 2. The molecule has 0 unspecified atom stereocenters. The summed E-state index contributed by atoms with van der Waals surface area (Å²) < 4.78 is 5.24. The number of ether oxygens (including phenoxy) is 1. The highest BCUT2D eigenvalue weighted by Gasteiger charge is 2.36. The normalized spacial score (nSPS) is 24.1. The van der Waals surface area contributed by atoms with Crippen LogP contribution in [-0.2, 0) is 9.53 Å². The van der Waals surface area contributed by atoms with Crippen molar-refractivity contribution >= 4 is 12.1 Å². The minimum Gasteiger partial charge on any atom is -0.481 e. The summed E-state index contributed by atoms with van der Waals surface area (Å²) in [6.07, 6.45) is -0.361. The van der Waals surface area contributed by atoms with Crippen LogP contribution in [0.2, 0.25) is 0 Å². The van der Waals surface area contributed by atoms with Gasteiger partial charge in [0.2, 0.25) is 0 Å². The molecule has 1 aliphatic heterocycles. The van der Waals surface area contributed by atoms with Crippen molar-refractivity contribution in [2.75, 3.05) is 6.54 Å². The third-order valence-corrected chi connectivity index (χ3v) is 2.71. The number of β-amino-alcohol motifs (C(OH)–C–C–N with tert-alkyl or cyclic N) is 1. The quantitative estimate of drug-likeness (QED) is 0.795. The Bertz CT molecular complexity index is 323. The number of nitrogens with zero attached hydrogens (tertiary/aromatic N) is 1. The van der Waals surface area contributed by atoms with Crippen molar-refractivity contribution in [1.82, 2.24) is 4.90 Å². The first-order valence-electron chi connectivity index (χ1n) is 6.08. The van der Waals surface area contributed by atoms with Crippen molar-refractivity contribution < 1.29 is 24.5 Å². The summed E-state index contributed by atoms with van der Waals surface area (Å²) in [6, 6.07) is -0.258. The molecule has 0 spiro atoms. The van der Waals surface area contributed by atoms with Crippen molar-refractivity contribution in [2.24, 2.45) is 0 Å². The summed E-state index contributed by atoms with van der Waals surface area (Å²) in [6.45, 7) is 5.51. The van der Waals surface area contributed by atoms with Crippen LogP contribution in [0.1, 0.15) is 40.0 Å². The predicted molar refractivity (Wildman–Crippen MR) is 64.2 cm³/mol. The Morgan fingerprint density at radius 2 is 2.00 bits per heavy atom. The average molecular weight is 259 g/mol. The molecule has 18 heavy (non-hydrogen) atoms. The molecule has 1 heterocycles. The number of carboxylic acids is 1. The van der Waals surface area contributed by atoms with Crippen LogP contribution in [0.5, 0.6) is 0 Å². The second-order valence-corrected chi connectivity index (χ2v) is 5.61. The minimum absolute atomic E-state index is 0.0172. The fourth-order valence-electron chi connectivity index (χ4n) is 2.00. The van der Waals surface area contributed by atoms with E-state index in [0.717, 1.165) is 0 Å². The fourth-order valence-corrected chi connectivity index (χ4v) is 2.00. The molecule has 6 nitrogen and oxygen atoms in total. The third-order valence-electron chi connectivity index (χ3n) is 2.71. The van der Waals surface area contributed by atoms with Crippen molar-refractivity contribution in [3.8, 4) is 0 Å². The number of rotatable bonds is 3. The molecule has 1 fully saturated rings. The fraction of sp³-hybridized carbons (Fsp3) is 0.833. The van der Waals surface area contributed by atoms with Gasteiger partial charge in [-0.1, -0.05) is 0 Å². The molecule has 0 bridgehead atoms. The first-order valence-corrected chi connectivity index (χ1v) is 6.08. The van der Waals surface area contributed by atoms with E-state index in [1.54, 1.807) is 20.8 Å². The van der Waals surface area contributed by atoms with Crippen LogP contribution in [-0.4, -0.2) is 51.5 Å². The largest absolute Gasteiger partial charge is 0.481 e. The molecule has 1 rings (SSSR count). The number of likely N-dealkylation sites (tertiary alicyclic amines) is 1. The first-order chi connectivity index (χ1) is 8.19. The van der Waals surface area contributed by atoms with E-state index in [1.165, 1.54) is 4.90 Å². The Morgan fingerprint density at radius 3 is 2.50 bits per heavy atom. The van der Waals surface area contributed by atoms with Crippen LogP contribution in [0.15, 0.2) is 0 Å². The molecular formula is C12H21NO5. The summed E-state index contributed by atoms with van der Waals surface area (Å²) in [5, 5.41) is 18.2. The van der Waals surface area contributed by atoms with E-state index in [4.69, 9.17) is 9.84 Å². The Morgan fingerprint density at radius 1 is 1.39 bits per heavy atom. The number of aliphatic carboxylic acids is 1. The molecule has 0 aromatic heterocycles. The summed E-state index contributed by atoms with van der Waals surface area (Å²) in [4.78, 5) is 23.9. The van der Waals surface area contributed by atoms with Crippen molar-refractivity contribution in [1.29, 1.82) is 0 Å². The van der Waals surface area contributed by atoms with Gasteiger partial charge in [0, 0.05) is 12.5 Å². The van der Waals surface area contributed by atoms with E-state index in [9.17, 15) is 14.7 Å². The van der Waals surface area contributed by atoms with Gasteiger partial charge in [0.1, 0.15) is 5.60 Å². The number of aliphatic hydroxyl groups excluding tert-OH is 1. The molecule has 2 atom stereocenters. The van der Waals surface area contributed by atoms with E-state index < -0.39 is 23.8 Å². The van der Waals surface area contributed by atoms with Gasteiger partial charge in [-0.2, -0.15) is 0 Å². The van der Waals surface area contributed by atoms with Gasteiger partial charge >= 0.3 is 12.1 Å². The molecule has 6 heteroatoms. The number of hydrogen-bond acceptors (Lipinski definition) is 4. The van der Waals surface area contributed by atoms with Crippen LogP contribution in [0, 0.1) is 0 Å². The lowest BCUT2D eigenvalue weighted by molar-refractivity contribution is -0.137. The smallest absolute Gasteiger partial charge is 0.410 e. The lowest BCUT2D eigenvalue weighted by atomic mass is 10.1. The van der Waals surface area contributed by atoms with Crippen molar-refractivity contribution in [2.45, 2.75) is 57.8 Å². The zero-order valence-corrected chi connectivity index (χ0v) is 11.0. The van der Waals surface area contributed by atoms with Gasteiger partial charge in [-0.15, -0.1) is 0 Å². The van der Waals surface area contributed by atoms with E-state index >= 15 is 0 Å². The monoisotopic (exact) mass is 259 g/mol. The molecule has 0 saturated carbocycles. The molecule has 104 valence electrons. The number of carbonyl (C=O) groups excluding carboxylic acids is 1. The standard InChI is InChI=1S/C12H21NO5/c1-12(2,3)18-11(17)13-7-9(14)6-8(13)4-5-10(15)16/h8-9,14H,4-7H2,1-3H3,(H,15,16)/t8-,9-/m1/s1. The second kappa shape index (κ2) is 5.56. The van der Waals surface area contributed by atoms with E-state index in [-0.39, 0.29) is 19.0 Å². The summed E-state index contributed by atoms with van der Waals surface area (Å²) in [5.74, 6) is -0.902. The van der Waals surface area contributed by atoms with Crippen LogP contribution >= 0.6 is 0 Å². The van der Waals surface area contributed by atoms with Gasteiger partial charge in [-0.05, 0) is 33.6 Å². The lowest BCUT2D eigenvalue weighted by Crippen LogP contribution is -2.40. The van der Waals surface area contributed by atoms with Crippen molar-refractivity contribution in [3.05, 3.63) is 0 Å². The first kappa shape index (κ1) is 14.8. The van der Waals surface area contributed by atoms with E-state index in [0.29, 0.717) is 12.8 Å². The molecular weight excluding hydrogens is 238 g/mol. The number of amides is 1. The van der Waals surface area contributed by atoms with E-state index in [2.05, 4.69) is 0 Å². The lowest BCUT2D eigenvalue weighted by Gasteiger charge is -2.28. The van der Waals surface area contributed by atoms with Crippen LogP contribution in [0.3, 0.4) is 0 Å². The van der Waals surface area contributed by atoms with Gasteiger partial charge in [0.05, 0.1) is 12.6 Å². The molecule has 0 aliphatic carbocycles. The highest BCUT2D eigenvalue weighted by molar-refractivity contribution is 5.70. The van der Waals surface area contributed by atoms with Gasteiger partial charge in [0.15, 0.2) is 0 Å². The van der Waals surface area contributed by atoms with Gasteiger partial charge in [0.25, 0.3) is 0 Å². The topological polar surface area (TPSA) is 87.1 Å². The maximum atomic E-state index is 11.9. The maximum absolute atomic E-state index is 11.9. The molecule has 2 N–H and O–H groups in total. The summed E-state index contributed by atoms with van der Waals surface area (Å²) in [7, 11) is 0. The molecule has 0 radical (unpaired) electrons. The average Bonchev–Trinajstić information content (AvgIpc) is 2.54. The van der Waals surface area contributed by atoms with E-state index in [1.807, 2.05) is 0 Å². The number of aliphatic hydroxyl groups is 1. The minimum atomic E-state index is -0.902. The zero-order valence-electron chi connectivity index (χ0n) is 11.0. The van der Waals surface area contributed by atoms with Crippen LogP contribution < -0.4 is 0 Å². The van der Waals surface area contributed by atoms with Gasteiger partial charge in [-0.25, -0.2) is 4.79 Å². The summed E-state index contributed by atoms with van der Waals surface area (Å²) in [5.41, 5.74) is -0.595. The molecule has 1 aliphatic rings. The van der Waals surface area contributed by atoms with Crippen LogP contribution in [0.4, 0.5) is 4.79 Å². The molecule has 1 amide bonds. The van der Waals surface area contributed by atoms with Gasteiger partial charge < -0.3 is 19.8 Å². The number of carboxylic acid groups (broad SMARTS) is 1. The molecule has 0 aromatic rings. The zero-order chi connectivity index (χ0) is 13.9. The maximum Gasteiger partial charge on any atom is 0.410 e. The SMILES string of the molecule is CC(C)(C)OC(=O)N1C[C@H](O)C[C@H]1CCC(=O)O. The summed E-state index contributed by atoms with van der Waals surface area (Å²) >= 11 is 0. The second-order valence-electron chi connectivity index (χ2n) is 5.61. The Hall–Kier alpha value is -1.30. The third kappa shape index (κ3) is 4.52. The molecule has 1 saturated heterocycles. The van der Waals surface area contributed by atoms with Crippen molar-refractivity contribution in [3.63, 3.8) is 0 Å². The number of hydrogen-bond donors (Lipinski definition) is 2. The predicted octanol–water partition coefficient (Wildman–Crippen LogP) is 1.22. The molecule has 0 aromatic carbocycles.